The Balaban J connectivity index is 1.88. The van der Waals surface area contributed by atoms with Crippen molar-refractivity contribution in [3.8, 4) is 22.8 Å². The fourth-order valence-corrected chi connectivity index (χ4v) is 2.82. The highest BCUT2D eigenvalue weighted by Gasteiger charge is 2.14. The van der Waals surface area contributed by atoms with Crippen molar-refractivity contribution in [2.75, 3.05) is 19.5 Å². The predicted octanol–water partition coefficient (Wildman–Crippen LogP) is 4.45. The first-order chi connectivity index (χ1) is 13.3. The molecule has 0 fully saturated rings. The minimum Gasteiger partial charge on any atom is -0.497 e. The van der Waals surface area contributed by atoms with E-state index in [1.165, 1.54) is 0 Å². The van der Waals surface area contributed by atoms with Gasteiger partial charge in [-0.3, -0.25) is 0 Å². The number of methoxy groups -OCH3 is 2. The highest BCUT2D eigenvalue weighted by Crippen LogP contribution is 2.34. The Hall–Kier alpha value is -3.67. The molecule has 2 aromatic carbocycles. The molecule has 4 aromatic rings. The van der Waals surface area contributed by atoms with Crippen LogP contribution < -0.4 is 14.8 Å². The molecule has 27 heavy (non-hydrogen) atoms. The normalized spacial score (nSPS) is 10.6. The molecule has 0 unspecified atom stereocenters. The van der Waals surface area contributed by atoms with Gasteiger partial charge in [-0.05, 0) is 24.3 Å². The van der Waals surface area contributed by atoms with Gasteiger partial charge in [0.15, 0.2) is 11.5 Å². The Morgan fingerprint density at radius 1 is 0.852 bits per heavy atom. The molecule has 0 spiro atoms. The van der Waals surface area contributed by atoms with Gasteiger partial charge in [0.05, 0.1) is 19.9 Å². The monoisotopic (exact) mass is 358 g/mol. The molecular formula is C21H18N4O2. The number of nitrogens with zero attached hydrogens (tertiary/aromatic N) is 3. The van der Waals surface area contributed by atoms with E-state index in [9.17, 15) is 0 Å². The molecule has 6 heteroatoms. The first kappa shape index (κ1) is 16.8. The molecule has 2 heterocycles. The van der Waals surface area contributed by atoms with Crippen molar-refractivity contribution in [2.24, 2.45) is 0 Å². The van der Waals surface area contributed by atoms with Crippen LogP contribution in [0.4, 0.5) is 11.5 Å². The number of anilines is 2. The summed E-state index contributed by atoms with van der Waals surface area (Å²) >= 11 is 0. The second-order valence-electron chi connectivity index (χ2n) is 5.82. The Bertz CT molecular complexity index is 1080. The van der Waals surface area contributed by atoms with E-state index in [1.54, 1.807) is 20.4 Å². The number of pyridine rings is 1. The number of benzene rings is 2. The molecule has 0 radical (unpaired) electrons. The van der Waals surface area contributed by atoms with E-state index < -0.39 is 0 Å². The van der Waals surface area contributed by atoms with Crippen LogP contribution in [-0.2, 0) is 0 Å². The second-order valence-corrected chi connectivity index (χ2v) is 5.82. The average Bonchev–Trinajstić information content (AvgIpc) is 2.73. The first-order valence-corrected chi connectivity index (χ1v) is 8.46. The molecule has 0 bridgehead atoms. The molecule has 0 aliphatic carbocycles. The molecule has 0 aliphatic heterocycles. The summed E-state index contributed by atoms with van der Waals surface area (Å²) in [6.07, 6.45) is 1.70. The van der Waals surface area contributed by atoms with Gasteiger partial charge < -0.3 is 14.8 Å². The maximum Gasteiger partial charge on any atom is 0.180 e. The van der Waals surface area contributed by atoms with E-state index in [-0.39, 0.29) is 0 Å². The molecule has 0 atom stereocenters. The van der Waals surface area contributed by atoms with Crippen LogP contribution in [0.3, 0.4) is 0 Å². The van der Waals surface area contributed by atoms with Gasteiger partial charge in [-0.1, -0.05) is 30.3 Å². The highest BCUT2D eigenvalue weighted by atomic mass is 16.5. The SMILES string of the molecule is COc1ccc(OC)c(Nc2nc3ncccc3nc2-c2ccccc2)c1. The van der Waals surface area contributed by atoms with Gasteiger partial charge in [-0.25, -0.2) is 15.0 Å². The van der Waals surface area contributed by atoms with Gasteiger partial charge in [0.2, 0.25) is 0 Å². The number of nitrogens with one attached hydrogen (secondary N) is 1. The molecule has 6 nitrogen and oxygen atoms in total. The van der Waals surface area contributed by atoms with Crippen molar-refractivity contribution >= 4 is 22.7 Å². The maximum absolute atomic E-state index is 5.47. The third-order valence-electron chi connectivity index (χ3n) is 4.15. The molecule has 0 amide bonds. The smallest absolute Gasteiger partial charge is 0.180 e. The van der Waals surface area contributed by atoms with E-state index in [1.807, 2.05) is 60.7 Å². The fraction of sp³-hybridized carbons (Fsp3) is 0.0952. The minimum absolute atomic E-state index is 0.571. The molecule has 0 saturated heterocycles. The summed E-state index contributed by atoms with van der Waals surface area (Å²) in [4.78, 5) is 13.8. The van der Waals surface area contributed by atoms with E-state index in [2.05, 4.69) is 10.3 Å². The van der Waals surface area contributed by atoms with Gasteiger partial charge in [-0.2, -0.15) is 0 Å². The molecular weight excluding hydrogens is 340 g/mol. The van der Waals surface area contributed by atoms with Crippen LogP contribution in [0.1, 0.15) is 0 Å². The van der Waals surface area contributed by atoms with Crippen LogP contribution >= 0.6 is 0 Å². The van der Waals surface area contributed by atoms with Gasteiger partial charge >= 0.3 is 0 Å². The Morgan fingerprint density at radius 2 is 1.70 bits per heavy atom. The average molecular weight is 358 g/mol. The van der Waals surface area contributed by atoms with Crippen LogP contribution in [0.25, 0.3) is 22.4 Å². The number of hydrogen-bond acceptors (Lipinski definition) is 6. The zero-order chi connectivity index (χ0) is 18.6. The van der Waals surface area contributed by atoms with Gasteiger partial charge in [-0.15, -0.1) is 0 Å². The van der Waals surface area contributed by atoms with Crippen LogP contribution in [0.5, 0.6) is 11.5 Å². The number of aromatic nitrogens is 3. The molecule has 0 saturated carbocycles. The van der Waals surface area contributed by atoms with Crippen molar-refractivity contribution in [1.29, 1.82) is 0 Å². The summed E-state index contributed by atoms with van der Waals surface area (Å²) in [5.41, 5.74) is 3.74. The van der Waals surface area contributed by atoms with E-state index in [4.69, 9.17) is 19.4 Å². The van der Waals surface area contributed by atoms with Crippen molar-refractivity contribution < 1.29 is 9.47 Å². The van der Waals surface area contributed by atoms with Gasteiger partial charge in [0.1, 0.15) is 22.7 Å². The highest BCUT2D eigenvalue weighted by molar-refractivity contribution is 5.83. The topological polar surface area (TPSA) is 69.2 Å². The summed E-state index contributed by atoms with van der Waals surface area (Å²) in [5, 5.41) is 3.34. The standard InChI is InChI=1S/C21H18N4O2/c1-26-15-10-11-18(27-2)17(13-15)24-21-19(14-7-4-3-5-8-14)23-16-9-6-12-22-20(16)25-21/h3-13H,1-2H3,(H,22,24,25). The summed E-state index contributed by atoms with van der Waals surface area (Å²) < 4.78 is 10.8. The lowest BCUT2D eigenvalue weighted by Crippen LogP contribution is -2.02. The molecule has 134 valence electrons. The van der Waals surface area contributed by atoms with E-state index in [0.717, 1.165) is 22.5 Å². The van der Waals surface area contributed by atoms with Crippen molar-refractivity contribution in [2.45, 2.75) is 0 Å². The molecule has 0 aliphatic rings. The predicted molar refractivity (Wildman–Crippen MR) is 106 cm³/mol. The van der Waals surface area contributed by atoms with Crippen molar-refractivity contribution in [1.82, 2.24) is 15.0 Å². The Kier molecular flexibility index (Phi) is 4.53. The molecule has 1 N–H and O–H groups in total. The minimum atomic E-state index is 0.571. The number of rotatable bonds is 5. The van der Waals surface area contributed by atoms with Crippen LogP contribution in [-0.4, -0.2) is 29.2 Å². The zero-order valence-electron chi connectivity index (χ0n) is 15.0. The van der Waals surface area contributed by atoms with E-state index in [0.29, 0.717) is 23.0 Å². The van der Waals surface area contributed by atoms with Gasteiger partial charge in [0.25, 0.3) is 0 Å². The lowest BCUT2D eigenvalue weighted by Gasteiger charge is -2.15. The third-order valence-corrected chi connectivity index (χ3v) is 4.15. The number of hydrogen-bond donors (Lipinski definition) is 1. The molecule has 4 rings (SSSR count). The van der Waals surface area contributed by atoms with Crippen LogP contribution in [0.15, 0.2) is 66.9 Å². The fourth-order valence-electron chi connectivity index (χ4n) is 2.82. The molecule has 2 aromatic heterocycles. The zero-order valence-corrected chi connectivity index (χ0v) is 15.0. The third kappa shape index (κ3) is 3.37. The summed E-state index contributed by atoms with van der Waals surface area (Å²) in [6.45, 7) is 0. The van der Waals surface area contributed by atoms with Crippen molar-refractivity contribution in [3.63, 3.8) is 0 Å². The first-order valence-electron chi connectivity index (χ1n) is 8.46. The lowest BCUT2D eigenvalue weighted by atomic mass is 10.1. The Labute approximate surface area is 156 Å². The number of fused-ring (bicyclic) bond motifs is 1. The Morgan fingerprint density at radius 3 is 2.48 bits per heavy atom. The van der Waals surface area contributed by atoms with Crippen molar-refractivity contribution in [3.05, 3.63) is 66.9 Å². The quantitative estimate of drug-likeness (QED) is 0.568. The summed E-state index contributed by atoms with van der Waals surface area (Å²) in [7, 11) is 3.25. The maximum atomic E-state index is 5.47. The van der Waals surface area contributed by atoms with E-state index >= 15 is 0 Å². The largest absolute Gasteiger partial charge is 0.497 e. The lowest BCUT2D eigenvalue weighted by molar-refractivity contribution is 0.405. The number of ether oxygens (including phenoxy) is 2. The van der Waals surface area contributed by atoms with Crippen LogP contribution in [0.2, 0.25) is 0 Å². The summed E-state index contributed by atoms with van der Waals surface area (Å²) in [5.74, 6) is 1.99. The van der Waals surface area contributed by atoms with Gasteiger partial charge in [0, 0.05) is 17.8 Å². The second kappa shape index (κ2) is 7.29. The summed E-state index contributed by atoms with van der Waals surface area (Å²) in [6, 6.07) is 19.2. The van der Waals surface area contributed by atoms with Crippen LogP contribution in [0, 0.1) is 0 Å².